The van der Waals surface area contributed by atoms with Gasteiger partial charge in [-0.15, -0.1) is 11.8 Å². The monoisotopic (exact) mass is 501 g/mol. The number of hydrogen-bond donors (Lipinski definition) is 4. The third kappa shape index (κ3) is 7.28. The Kier molecular flexibility index (Phi) is 9.24. The lowest BCUT2D eigenvalue weighted by Crippen LogP contribution is -2.50. The normalized spacial score (nSPS) is 15.1. The standard InChI is InChI=1S/C24H27N3O7S/c1-15-17(8-5-9-19(15)28)24(33)26-18(14-35-16-6-3-2-4-7-16)20(29)12-25-21(30)13-34-27-22(31)10-11-23(27)32/h2-9,18,20,28-29H,10-14H2,1H3,(H,25,30)(H,26,33)/t18-,20?/m0/s1. The highest BCUT2D eigenvalue weighted by molar-refractivity contribution is 7.99. The van der Waals surface area contributed by atoms with Crippen LogP contribution in [0.2, 0.25) is 0 Å². The molecule has 186 valence electrons. The summed E-state index contributed by atoms with van der Waals surface area (Å²) in [6.45, 7) is 0.844. The third-order valence-corrected chi connectivity index (χ3v) is 6.47. The van der Waals surface area contributed by atoms with Gasteiger partial charge in [0.1, 0.15) is 5.75 Å². The van der Waals surface area contributed by atoms with Crippen molar-refractivity contribution in [2.75, 3.05) is 18.9 Å². The van der Waals surface area contributed by atoms with Crippen LogP contribution >= 0.6 is 11.8 Å². The number of rotatable bonds is 11. The van der Waals surface area contributed by atoms with Crippen molar-refractivity contribution >= 4 is 35.4 Å². The average Bonchev–Trinajstić information content (AvgIpc) is 3.17. The van der Waals surface area contributed by atoms with Crippen LogP contribution in [-0.2, 0) is 19.2 Å². The summed E-state index contributed by atoms with van der Waals surface area (Å²) in [4.78, 5) is 54.0. The summed E-state index contributed by atoms with van der Waals surface area (Å²) in [5.41, 5.74) is 0.676. The van der Waals surface area contributed by atoms with Gasteiger partial charge in [-0.3, -0.25) is 24.0 Å². The minimum atomic E-state index is -1.16. The number of aromatic hydroxyl groups is 1. The Hall–Kier alpha value is -3.41. The lowest BCUT2D eigenvalue weighted by Gasteiger charge is -2.25. The van der Waals surface area contributed by atoms with Crippen LogP contribution in [-0.4, -0.2) is 70.0 Å². The fourth-order valence-corrected chi connectivity index (χ4v) is 4.33. The highest BCUT2D eigenvalue weighted by Crippen LogP contribution is 2.22. The highest BCUT2D eigenvalue weighted by atomic mass is 32.2. The molecule has 11 heteroatoms. The van der Waals surface area contributed by atoms with Gasteiger partial charge in [0.05, 0.1) is 12.1 Å². The van der Waals surface area contributed by atoms with E-state index in [0.717, 1.165) is 4.90 Å². The average molecular weight is 502 g/mol. The van der Waals surface area contributed by atoms with Gasteiger partial charge in [-0.25, -0.2) is 0 Å². The maximum absolute atomic E-state index is 12.9. The summed E-state index contributed by atoms with van der Waals surface area (Å²) in [7, 11) is 0. The van der Waals surface area contributed by atoms with E-state index in [1.54, 1.807) is 19.1 Å². The van der Waals surface area contributed by atoms with E-state index in [4.69, 9.17) is 4.84 Å². The number of phenolic OH excluding ortho intramolecular Hbond substituents is 1. The predicted molar refractivity (Wildman–Crippen MR) is 127 cm³/mol. The van der Waals surface area contributed by atoms with Crippen molar-refractivity contribution in [1.29, 1.82) is 0 Å². The summed E-state index contributed by atoms with van der Waals surface area (Å²) in [5, 5.41) is 26.5. The van der Waals surface area contributed by atoms with Crippen LogP contribution in [0.15, 0.2) is 53.4 Å². The molecule has 35 heavy (non-hydrogen) atoms. The fourth-order valence-electron chi connectivity index (χ4n) is 3.30. The SMILES string of the molecule is Cc1c(O)cccc1C(=O)N[C@@H](CSc1ccccc1)C(O)CNC(=O)CON1C(=O)CCC1=O. The first kappa shape index (κ1) is 26.2. The summed E-state index contributed by atoms with van der Waals surface area (Å²) in [6.07, 6.45) is -1.08. The molecule has 1 fully saturated rings. The van der Waals surface area contributed by atoms with Gasteiger partial charge >= 0.3 is 0 Å². The number of carbonyl (C=O) groups is 4. The van der Waals surface area contributed by atoms with E-state index >= 15 is 0 Å². The molecule has 0 aromatic heterocycles. The number of imide groups is 1. The molecular formula is C24H27N3O7S. The van der Waals surface area contributed by atoms with E-state index in [2.05, 4.69) is 10.6 Å². The number of nitrogens with zero attached hydrogens (tertiary/aromatic N) is 1. The van der Waals surface area contributed by atoms with E-state index in [0.29, 0.717) is 16.4 Å². The van der Waals surface area contributed by atoms with Crippen molar-refractivity contribution in [3.05, 3.63) is 59.7 Å². The Morgan fingerprint density at radius 3 is 2.46 bits per heavy atom. The molecule has 1 heterocycles. The van der Waals surface area contributed by atoms with Crippen LogP contribution in [0.25, 0.3) is 0 Å². The maximum atomic E-state index is 12.9. The number of phenols is 1. The molecule has 0 radical (unpaired) electrons. The molecule has 1 unspecified atom stereocenters. The largest absolute Gasteiger partial charge is 0.508 e. The van der Waals surface area contributed by atoms with Crippen molar-refractivity contribution in [2.24, 2.45) is 0 Å². The van der Waals surface area contributed by atoms with Crippen molar-refractivity contribution in [3.63, 3.8) is 0 Å². The zero-order valence-corrected chi connectivity index (χ0v) is 19.9. The molecule has 4 N–H and O–H groups in total. The number of nitrogens with one attached hydrogen (secondary N) is 2. The van der Waals surface area contributed by atoms with Crippen LogP contribution in [0, 0.1) is 6.92 Å². The molecule has 1 saturated heterocycles. The van der Waals surface area contributed by atoms with Crippen LogP contribution in [0.3, 0.4) is 0 Å². The van der Waals surface area contributed by atoms with Crippen molar-refractivity contribution < 1.29 is 34.2 Å². The van der Waals surface area contributed by atoms with Crippen LogP contribution < -0.4 is 10.6 Å². The number of carbonyl (C=O) groups excluding carboxylic acids is 4. The highest BCUT2D eigenvalue weighted by Gasteiger charge is 2.31. The number of hydrogen-bond acceptors (Lipinski definition) is 8. The number of amides is 4. The molecule has 0 bridgehead atoms. The summed E-state index contributed by atoms with van der Waals surface area (Å²) in [5.74, 6) is -1.84. The maximum Gasteiger partial charge on any atom is 0.254 e. The number of thioether (sulfide) groups is 1. The minimum absolute atomic E-state index is 0.0179. The molecular weight excluding hydrogens is 474 g/mol. The van der Waals surface area contributed by atoms with Gasteiger partial charge in [0.15, 0.2) is 6.61 Å². The van der Waals surface area contributed by atoms with Gasteiger partial charge in [0, 0.05) is 41.2 Å². The Bertz CT molecular complexity index is 1060. The number of hydroxylamine groups is 2. The first-order valence-corrected chi connectivity index (χ1v) is 12.0. The second-order valence-electron chi connectivity index (χ2n) is 7.88. The topological polar surface area (TPSA) is 145 Å². The zero-order valence-electron chi connectivity index (χ0n) is 19.1. The summed E-state index contributed by atoms with van der Waals surface area (Å²) in [6, 6.07) is 13.3. The van der Waals surface area contributed by atoms with E-state index in [-0.39, 0.29) is 30.7 Å². The first-order chi connectivity index (χ1) is 16.8. The third-order valence-electron chi connectivity index (χ3n) is 5.34. The molecule has 0 spiro atoms. The Morgan fingerprint density at radius 2 is 1.77 bits per heavy atom. The van der Waals surface area contributed by atoms with Gasteiger partial charge in [-0.2, -0.15) is 5.06 Å². The Morgan fingerprint density at radius 1 is 1.09 bits per heavy atom. The first-order valence-electron chi connectivity index (χ1n) is 11.0. The van der Waals surface area contributed by atoms with Crippen LogP contribution in [0.4, 0.5) is 0 Å². The number of benzene rings is 2. The second kappa shape index (κ2) is 12.3. The Balaban J connectivity index is 1.60. The van der Waals surface area contributed by atoms with Crippen molar-refractivity contribution in [2.45, 2.75) is 36.8 Å². The minimum Gasteiger partial charge on any atom is -0.508 e. The summed E-state index contributed by atoms with van der Waals surface area (Å²) < 4.78 is 0. The molecule has 2 aromatic rings. The van der Waals surface area contributed by atoms with Gasteiger partial charge in [-0.1, -0.05) is 24.3 Å². The molecule has 10 nitrogen and oxygen atoms in total. The Labute approximate surface area is 206 Å². The van der Waals surface area contributed by atoms with Crippen LogP contribution in [0.5, 0.6) is 5.75 Å². The van der Waals surface area contributed by atoms with Gasteiger partial charge in [-0.05, 0) is 31.2 Å². The molecule has 0 saturated carbocycles. The predicted octanol–water partition coefficient (Wildman–Crippen LogP) is 1.15. The lowest BCUT2D eigenvalue weighted by molar-refractivity contribution is -0.188. The van der Waals surface area contributed by atoms with Crippen molar-refractivity contribution in [3.8, 4) is 5.75 Å². The van der Waals surface area contributed by atoms with Gasteiger partial charge in [0.2, 0.25) is 5.91 Å². The fraction of sp³-hybridized carbons (Fsp3) is 0.333. The van der Waals surface area contributed by atoms with E-state index in [9.17, 15) is 29.4 Å². The quantitative estimate of drug-likeness (QED) is 0.265. The zero-order chi connectivity index (χ0) is 25.4. The van der Waals surface area contributed by atoms with Gasteiger partial charge < -0.3 is 20.8 Å². The number of aliphatic hydroxyl groups is 1. The molecule has 1 aliphatic heterocycles. The van der Waals surface area contributed by atoms with E-state index in [1.165, 1.54) is 17.8 Å². The smallest absolute Gasteiger partial charge is 0.254 e. The number of aliphatic hydroxyl groups excluding tert-OH is 1. The molecule has 4 amide bonds. The van der Waals surface area contributed by atoms with E-state index < -0.39 is 42.4 Å². The van der Waals surface area contributed by atoms with E-state index in [1.807, 2.05) is 30.3 Å². The molecule has 2 atom stereocenters. The van der Waals surface area contributed by atoms with Crippen LogP contribution in [0.1, 0.15) is 28.8 Å². The van der Waals surface area contributed by atoms with Gasteiger partial charge in [0.25, 0.3) is 17.7 Å². The molecule has 2 aromatic carbocycles. The molecule has 0 aliphatic carbocycles. The second-order valence-corrected chi connectivity index (χ2v) is 8.97. The summed E-state index contributed by atoms with van der Waals surface area (Å²) >= 11 is 1.42. The molecule has 1 aliphatic rings. The lowest BCUT2D eigenvalue weighted by atomic mass is 10.1. The van der Waals surface area contributed by atoms with Crippen molar-refractivity contribution in [1.82, 2.24) is 15.7 Å². The molecule has 3 rings (SSSR count).